The van der Waals surface area contributed by atoms with Crippen LogP contribution in [-0.4, -0.2) is 40.9 Å². The van der Waals surface area contributed by atoms with Crippen molar-refractivity contribution in [2.45, 2.75) is 32.6 Å². The maximum absolute atomic E-state index is 12.8. The summed E-state index contributed by atoms with van der Waals surface area (Å²) in [5, 5.41) is 11.9. The SMILES string of the molecule is CC1CCN(C(=O)c2ccccc2NC(=O)C2CCC2C(=O)O)CC1. The molecule has 0 bridgehead atoms. The Hall–Kier alpha value is -2.37. The Kier molecular flexibility index (Phi) is 5.06. The second kappa shape index (κ2) is 7.25. The molecule has 1 aliphatic heterocycles. The van der Waals surface area contributed by atoms with Gasteiger partial charge in [0.2, 0.25) is 5.91 Å². The zero-order chi connectivity index (χ0) is 18.0. The Morgan fingerprint density at radius 2 is 1.68 bits per heavy atom. The van der Waals surface area contributed by atoms with E-state index in [0.29, 0.717) is 30.0 Å². The number of aliphatic carboxylic acids is 1. The molecule has 0 radical (unpaired) electrons. The molecule has 1 aliphatic carbocycles. The van der Waals surface area contributed by atoms with E-state index in [4.69, 9.17) is 5.11 Å². The van der Waals surface area contributed by atoms with Crippen molar-refractivity contribution >= 4 is 23.5 Å². The fraction of sp³-hybridized carbons (Fsp3) is 0.526. The Labute approximate surface area is 147 Å². The van der Waals surface area contributed by atoms with Crippen molar-refractivity contribution in [3.8, 4) is 0 Å². The quantitative estimate of drug-likeness (QED) is 0.879. The summed E-state index contributed by atoms with van der Waals surface area (Å²) in [5.41, 5.74) is 0.934. The number of carbonyl (C=O) groups is 3. The van der Waals surface area contributed by atoms with E-state index >= 15 is 0 Å². The fourth-order valence-electron chi connectivity index (χ4n) is 3.50. The van der Waals surface area contributed by atoms with Crippen LogP contribution in [0.4, 0.5) is 5.69 Å². The Bertz CT molecular complexity index is 680. The van der Waals surface area contributed by atoms with Gasteiger partial charge in [0.05, 0.1) is 23.1 Å². The van der Waals surface area contributed by atoms with Crippen LogP contribution in [0.3, 0.4) is 0 Å². The third-order valence-corrected chi connectivity index (χ3v) is 5.41. The number of carboxylic acids is 1. The predicted octanol–water partition coefficient (Wildman–Crippen LogP) is 2.61. The molecule has 2 fully saturated rings. The van der Waals surface area contributed by atoms with Crippen LogP contribution in [0.5, 0.6) is 0 Å². The van der Waals surface area contributed by atoms with Crippen molar-refractivity contribution < 1.29 is 19.5 Å². The first-order valence-electron chi connectivity index (χ1n) is 8.89. The maximum atomic E-state index is 12.8. The molecule has 2 amide bonds. The van der Waals surface area contributed by atoms with Gasteiger partial charge in [0.15, 0.2) is 0 Å². The third kappa shape index (κ3) is 3.67. The first-order valence-corrected chi connectivity index (χ1v) is 8.89. The lowest BCUT2D eigenvalue weighted by Gasteiger charge is -2.33. The smallest absolute Gasteiger partial charge is 0.307 e. The molecule has 3 rings (SSSR count). The number of hydrogen-bond acceptors (Lipinski definition) is 3. The molecule has 25 heavy (non-hydrogen) atoms. The number of benzene rings is 1. The molecule has 2 atom stereocenters. The van der Waals surface area contributed by atoms with Crippen LogP contribution in [-0.2, 0) is 9.59 Å². The molecule has 134 valence electrons. The van der Waals surface area contributed by atoms with Gasteiger partial charge in [-0.15, -0.1) is 0 Å². The molecular formula is C19H24N2O4. The van der Waals surface area contributed by atoms with Crippen LogP contribution in [0.15, 0.2) is 24.3 Å². The molecule has 1 aromatic carbocycles. The number of hydrogen-bond donors (Lipinski definition) is 2. The van der Waals surface area contributed by atoms with Gasteiger partial charge in [0.25, 0.3) is 5.91 Å². The number of carboxylic acid groups (broad SMARTS) is 1. The molecule has 1 heterocycles. The lowest BCUT2D eigenvalue weighted by molar-refractivity contribution is -0.151. The third-order valence-electron chi connectivity index (χ3n) is 5.41. The molecule has 1 saturated carbocycles. The monoisotopic (exact) mass is 344 g/mol. The second-order valence-corrected chi connectivity index (χ2v) is 7.14. The van der Waals surface area contributed by atoms with Crippen LogP contribution < -0.4 is 5.32 Å². The summed E-state index contributed by atoms with van der Waals surface area (Å²) in [7, 11) is 0. The number of anilines is 1. The van der Waals surface area contributed by atoms with E-state index in [1.165, 1.54) is 0 Å². The van der Waals surface area contributed by atoms with Crippen molar-refractivity contribution in [2.24, 2.45) is 17.8 Å². The van der Waals surface area contributed by atoms with Gasteiger partial charge in [-0.1, -0.05) is 19.1 Å². The van der Waals surface area contributed by atoms with Crippen molar-refractivity contribution in [1.29, 1.82) is 0 Å². The van der Waals surface area contributed by atoms with Gasteiger partial charge >= 0.3 is 5.97 Å². The largest absolute Gasteiger partial charge is 0.481 e. The van der Waals surface area contributed by atoms with Gasteiger partial charge in [-0.3, -0.25) is 14.4 Å². The zero-order valence-electron chi connectivity index (χ0n) is 14.4. The van der Waals surface area contributed by atoms with Gasteiger partial charge in [0.1, 0.15) is 0 Å². The Morgan fingerprint density at radius 1 is 1.04 bits per heavy atom. The van der Waals surface area contributed by atoms with E-state index in [9.17, 15) is 14.4 Å². The summed E-state index contributed by atoms with van der Waals surface area (Å²) >= 11 is 0. The molecule has 1 saturated heterocycles. The average molecular weight is 344 g/mol. The molecule has 2 aliphatic rings. The van der Waals surface area contributed by atoms with E-state index in [0.717, 1.165) is 25.9 Å². The number of nitrogens with zero attached hydrogens (tertiary/aromatic N) is 1. The van der Waals surface area contributed by atoms with Crippen LogP contribution in [0.1, 0.15) is 43.0 Å². The summed E-state index contributed by atoms with van der Waals surface area (Å²) in [5.74, 6) is -1.83. The van der Waals surface area contributed by atoms with Crippen LogP contribution in [0, 0.1) is 17.8 Å². The standard InChI is InChI=1S/C19H24N2O4/c1-12-8-10-21(11-9-12)18(23)15-4-2-3-5-16(15)20-17(22)13-6-7-14(13)19(24)25/h2-5,12-14H,6-11H2,1H3,(H,20,22)(H,24,25). The van der Waals surface area contributed by atoms with E-state index in [1.807, 2.05) is 4.90 Å². The first-order chi connectivity index (χ1) is 12.0. The van der Waals surface area contributed by atoms with E-state index in [1.54, 1.807) is 24.3 Å². The summed E-state index contributed by atoms with van der Waals surface area (Å²) in [4.78, 5) is 38.2. The first kappa shape index (κ1) is 17.5. The number of piperidine rings is 1. The van der Waals surface area contributed by atoms with Crippen molar-refractivity contribution in [3.05, 3.63) is 29.8 Å². The number of para-hydroxylation sites is 1. The van der Waals surface area contributed by atoms with Crippen molar-refractivity contribution in [2.75, 3.05) is 18.4 Å². The summed E-state index contributed by atoms with van der Waals surface area (Å²) in [6, 6.07) is 6.95. The molecule has 6 heteroatoms. The number of amides is 2. The van der Waals surface area contributed by atoms with Crippen LogP contribution >= 0.6 is 0 Å². The van der Waals surface area contributed by atoms with Crippen LogP contribution in [0.25, 0.3) is 0 Å². The van der Waals surface area contributed by atoms with E-state index in [-0.39, 0.29) is 11.8 Å². The molecule has 2 N–H and O–H groups in total. The minimum atomic E-state index is -0.932. The predicted molar refractivity (Wildman–Crippen MR) is 93.2 cm³/mol. The second-order valence-electron chi connectivity index (χ2n) is 7.14. The average Bonchev–Trinajstić information content (AvgIpc) is 2.53. The number of nitrogens with one attached hydrogen (secondary N) is 1. The number of carbonyl (C=O) groups excluding carboxylic acids is 2. The minimum Gasteiger partial charge on any atom is -0.481 e. The highest BCUT2D eigenvalue weighted by Crippen LogP contribution is 2.35. The Morgan fingerprint density at radius 3 is 2.28 bits per heavy atom. The molecule has 6 nitrogen and oxygen atoms in total. The van der Waals surface area contributed by atoms with E-state index < -0.39 is 17.8 Å². The lowest BCUT2D eigenvalue weighted by Crippen LogP contribution is -2.41. The summed E-state index contributed by atoms with van der Waals surface area (Å²) < 4.78 is 0. The molecule has 0 spiro atoms. The van der Waals surface area contributed by atoms with Gasteiger partial charge in [-0.2, -0.15) is 0 Å². The maximum Gasteiger partial charge on any atom is 0.307 e. The zero-order valence-corrected chi connectivity index (χ0v) is 14.4. The highest BCUT2D eigenvalue weighted by molar-refractivity contribution is 6.05. The van der Waals surface area contributed by atoms with Gasteiger partial charge in [-0.05, 0) is 43.7 Å². The summed E-state index contributed by atoms with van der Waals surface area (Å²) in [6.07, 6.45) is 3.08. The molecule has 1 aromatic rings. The minimum absolute atomic E-state index is 0.0776. The molecular weight excluding hydrogens is 320 g/mol. The molecule has 0 aromatic heterocycles. The lowest BCUT2D eigenvalue weighted by atomic mass is 9.73. The van der Waals surface area contributed by atoms with Gasteiger partial charge in [-0.25, -0.2) is 0 Å². The van der Waals surface area contributed by atoms with Gasteiger partial charge < -0.3 is 15.3 Å². The van der Waals surface area contributed by atoms with Crippen LogP contribution in [0.2, 0.25) is 0 Å². The topological polar surface area (TPSA) is 86.7 Å². The number of likely N-dealkylation sites (tertiary alicyclic amines) is 1. The highest BCUT2D eigenvalue weighted by Gasteiger charge is 2.41. The number of rotatable bonds is 4. The summed E-state index contributed by atoms with van der Waals surface area (Å²) in [6.45, 7) is 3.64. The van der Waals surface area contributed by atoms with E-state index in [2.05, 4.69) is 12.2 Å². The highest BCUT2D eigenvalue weighted by atomic mass is 16.4. The normalized spacial score (nSPS) is 23.6. The van der Waals surface area contributed by atoms with Crippen molar-refractivity contribution in [3.63, 3.8) is 0 Å². The van der Waals surface area contributed by atoms with Crippen molar-refractivity contribution in [1.82, 2.24) is 4.90 Å². The Balaban J connectivity index is 1.71. The molecule has 2 unspecified atom stereocenters. The van der Waals surface area contributed by atoms with Gasteiger partial charge in [0, 0.05) is 13.1 Å². The fourth-order valence-corrected chi connectivity index (χ4v) is 3.50.